The summed E-state index contributed by atoms with van der Waals surface area (Å²) in [5.41, 5.74) is 0. The van der Waals surface area contributed by atoms with Gasteiger partial charge in [-0.15, -0.1) is 0 Å². The minimum absolute atomic E-state index is 0. The Kier molecular flexibility index (Phi) is 9.30. The zero-order valence-corrected chi connectivity index (χ0v) is 7.55. The fraction of sp³-hybridized carbons (Fsp3) is 0. The van der Waals surface area contributed by atoms with Crippen molar-refractivity contribution in [3.05, 3.63) is 0 Å². The van der Waals surface area contributed by atoms with Crippen molar-refractivity contribution in [3.63, 3.8) is 0 Å². The van der Waals surface area contributed by atoms with Gasteiger partial charge in [0.25, 0.3) is 0 Å². The summed E-state index contributed by atoms with van der Waals surface area (Å²) < 4.78 is 8.74. The van der Waals surface area contributed by atoms with Crippen LogP contribution in [0.1, 0.15) is 0 Å². The maximum atomic E-state index is 8.74. The molecule has 0 amide bonds. The van der Waals surface area contributed by atoms with Crippen molar-refractivity contribution in [1.82, 2.24) is 0 Å². The molecule has 0 radical (unpaired) electrons. The molecule has 34 valence electrons. The predicted octanol–water partition coefficient (Wildman–Crippen LogP) is -1.82. The third-order valence-corrected chi connectivity index (χ3v) is 0. The number of hydrogen-bond donors (Lipinski definition) is 2. The van der Waals surface area contributed by atoms with E-state index in [1.807, 2.05) is 0 Å². The van der Waals surface area contributed by atoms with Crippen LogP contribution in [0.4, 0.5) is 0 Å². The van der Waals surface area contributed by atoms with E-state index in [9.17, 15) is 0 Å². The van der Waals surface area contributed by atoms with Crippen LogP contribution in [-0.2, 0) is 4.57 Å². The SMILES string of the molecule is O=[PH](O)O.[SbH3]. The first-order valence-electron chi connectivity index (χ1n) is 0.651. The average Bonchev–Trinajstić information content (AvgIpc) is 0.811. The summed E-state index contributed by atoms with van der Waals surface area (Å²) in [6.07, 6.45) is 0. The van der Waals surface area contributed by atoms with Crippen LogP contribution in [0.3, 0.4) is 0 Å². The average molecular weight is 207 g/mol. The van der Waals surface area contributed by atoms with Gasteiger partial charge in [-0.05, 0) is 0 Å². The van der Waals surface area contributed by atoms with Crippen molar-refractivity contribution < 1.29 is 14.4 Å². The van der Waals surface area contributed by atoms with E-state index in [1.54, 1.807) is 0 Å². The van der Waals surface area contributed by atoms with Gasteiger partial charge in [0.15, 0.2) is 0 Å². The molecule has 0 atom stereocenters. The summed E-state index contributed by atoms with van der Waals surface area (Å²) in [5.74, 6) is 0. The molecular weight excluding hydrogens is 201 g/mol. The summed E-state index contributed by atoms with van der Waals surface area (Å²) in [5, 5.41) is 0. The van der Waals surface area contributed by atoms with Gasteiger partial charge in [0.05, 0.1) is 0 Å². The van der Waals surface area contributed by atoms with Crippen molar-refractivity contribution >= 4 is 32.7 Å². The minimum atomic E-state index is -3.13. The third-order valence-electron chi connectivity index (χ3n) is 0. The quantitative estimate of drug-likeness (QED) is 0.363. The fourth-order valence-electron chi connectivity index (χ4n) is 0. The van der Waals surface area contributed by atoms with Crippen LogP contribution in [0.5, 0.6) is 0 Å². The first-order chi connectivity index (χ1) is 1.73. The van der Waals surface area contributed by atoms with Crippen molar-refractivity contribution in [2.75, 3.05) is 0 Å². The first-order valence-corrected chi connectivity index (χ1v) is 1.95. The van der Waals surface area contributed by atoms with E-state index in [0.29, 0.717) is 0 Å². The molecule has 0 fully saturated rings. The molecular formula is H6O3PSb. The van der Waals surface area contributed by atoms with Crippen LogP contribution in [-0.4, -0.2) is 34.2 Å². The van der Waals surface area contributed by atoms with Gasteiger partial charge >= 0.3 is 32.7 Å². The summed E-state index contributed by atoms with van der Waals surface area (Å²) in [6, 6.07) is 0. The maximum absolute atomic E-state index is 8.74. The Hall–Kier alpha value is 0.968. The van der Waals surface area contributed by atoms with E-state index in [0.717, 1.165) is 0 Å². The van der Waals surface area contributed by atoms with Crippen molar-refractivity contribution in [2.24, 2.45) is 0 Å². The Labute approximate surface area is 47.4 Å². The van der Waals surface area contributed by atoms with E-state index >= 15 is 0 Å². The number of hydrogen-bond acceptors (Lipinski definition) is 1. The molecule has 0 aliphatic rings. The van der Waals surface area contributed by atoms with Gasteiger partial charge in [-0.1, -0.05) is 0 Å². The monoisotopic (exact) mass is 206 g/mol. The second kappa shape index (κ2) is 4.97. The van der Waals surface area contributed by atoms with Crippen LogP contribution < -0.4 is 0 Å². The zero-order valence-electron chi connectivity index (χ0n) is 2.51. The van der Waals surface area contributed by atoms with Gasteiger partial charge in [-0.3, -0.25) is 4.57 Å². The molecule has 0 bridgehead atoms. The van der Waals surface area contributed by atoms with E-state index in [2.05, 4.69) is 0 Å². The Morgan fingerprint density at radius 2 is 1.40 bits per heavy atom. The molecule has 0 aromatic heterocycles. The van der Waals surface area contributed by atoms with E-state index in [1.165, 1.54) is 0 Å². The van der Waals surface area contributed by atoms with Crippen LogP contribution in [0.15, 0.2) is 0 Å². The normalized spacial score (nSPS) is 7.00. The summed E-state index contributed by atoms with van der Waals surface area (Å²) >= 11 is 0. The molecule has 0 aliphatic heterocycles. The molecule has 5 heavy (non-hydrogen) atoms. The molecule has 0 spiro atoms. The molecule has 0 saturated carbocycles. The van der Waals surface area contributed by atoms with Gasteiger partial charge in [-0.25, -0.2) is 0 Å². The second-order valence-electron chi connectivity index (χ2n) is 0.283. The Balaban J connectivity index is 0. The fourth-order valence-corrected chi connectivity index (χ4v) is 0. The third kappa shape index (κ3) is 46.7. The second-order valence-corrected chi connectivity index (χ2v) is 0.848. The van der Waals surface area contributed by atoms with Crippen LogP contribution in [0, 0.1) is 0 Å². The van der Waals surface area contributed by atoms with E-state index in [-0.39, 0.29) is 24.4 Å². The number of rotatable bonds is 0. The molecule has 0 rings (SSSR count). The zero-order chi connectivity index (χ0) is 3.58. The molecule has 0 saturated heterocycles. The van der Waals surface area contributed by atoms with Crippen LogP contribution in [0.2, 0.25) is 0 Å². The molecule has 0 aliphatic carbocycles. The standard InChI is InChI=1S/H3O3P.Sb.3H/c1-4(2)3;;;;/h4H,(H2,1,2,3);;;;. The summed E-state index contributed by atoms with van der Waals surface area (Å²) in [7, 11) is -3.13. The molecule has 3 nitrogen and oxygen atoms in total. The molecule has 2 N–H and O–H groups in total. The van der Waals surface area contributed by atoms with Gasteiger partial charge in [0.2, 0.25) is 0 Å². The van der Waals surface area contributed by atoms with Gasteiger partial charge in [-0.2, -0.15) is 0 Å². The first kappa shape index (κ1) is 9.36. The molecule has 0 unspecified atom stereocenters. The van der Waals surface area contributed by atoms with Crippen LogP contribution >= 0.6 is 8.25 Å². The molecule has 0 heterocycles. The van der Waals surface area contributed by atoms with Gasteiger partial charge in [0, 0.05) is 0 Å². The van der Waals surface area contributed by atoms with E-state index in [4.69, 9.17) is 14.4 Å². The molecule has 0 aromatic rings. The van der Waals surface area contributed by atoms with Gasteiger partial charge in [0.1, 0.15) is 0 Å². The van der Waals surface area contributed by atoms with E-state index < -0.39 is 8.25 Å². The summed E-state index contributed by atoms with van der Waals surface area (Å²) in [4.78, 5) is 14.3. The van der Waals surface area contributed by atoms with Crippen LogP contribution in [0.25, 0.3) is 0 Å². The molecule has 5 heteroatoms. The van der Waals surface area contributed by atoms with Crippen molar-refractivity contribution in [1.29, 1.82) is 0 Å². The Morgan fingerprint density at radius 3 is 1.40 bits per heavy atom. The van der Waals surface area contributed by atoms with Crippen molar-refractivity contribution in [3.8, 4) is 0 Å². The van der Waals surface area contributed by atoms with Crippen molar-refractivity contribution in [2.45, 2.75) is 0 Å². The molecule has 0 aromatic carbocycles. The Bertz CT molecular complexity index is 29.9. The predicted molar refractivity (Wildman–Crippen MR) is 23.4 cm³/mol. The topological polar surface area (TPSA) is 57.5 Å². The van der Waals surface area contributed by atoms with Gasteiger partial charge < -0.3 is 9.79 Å². The summed E-state index contributed by atoms with van der Waals surface area (Å²) in [6.45, 7) is 0. The Morgan fingerprint density at radius 1 is 1.40 bits per heavy atom.